The van der Waals surface area contributed by atoms with Gasteiger partial charge in [0.1, 0.15) is 5.71 Å². The molecular formula is C22H20N6O3. The molecule has 0 radical (unpaired) electrons. The molecular weight excluding hydrogens is 396 g/mol. The average Bonchev–Trinajstić information content (AvgIpc) is 3.61. The molecule has 1 fully saturated rings. The molecule has 0 bridgehead atoms. The summed E-state index contributed by atoms with van der Waals surface area (Å²) in [6.45, 7) is 0. The van der Waals surface area contributed by atoms with E-state index in [1.165, 1.54) is 18.3 Å². The molecule has 0 unspecified atom stereocenters. The summed E-state index contributed by atoms with van der Waals surface area (Å²) in [5, 5.41) is 22.9. The summed E-state index contributed by atoms with van der Waals surface area (Å²) in [5.41, 5.74) is 8.56. The van der Waals surface area contributed by atoms with Crippen LogP contribution in [0.5, 0.6) is 5.88 Å². The average molecular weight is 416 g/mol. The number of carbonyl (C=O) groups is 2. The molecule has 1 aromatic carbocycles. The summed E-state index contributed by atoms with van der Waals surface area (Å²) in [4.78, 5) is 32.4. The number of benzene rings is 1. The maximum Gasteiger partial charge on any atom is 0.274 e. The van der Waals surface area contributed by atoms with E-state index in [2.05, 4.69) is 20.6 Å². The number of nitrogens with two attached hydrogens (primary N) is 1. The van der Waals surface area contributed by atoms with Crippen molar-refractivity contribution in [1.29, 1.82) is 5.41 Å². The Balaban J connectivity index is 1.55. The Morgan fingerprint density at radius 3 is 2.52 bits per heavy atom. The van der Waals surface area contributed by atoms with E-state index in [4.69, 9.17) is 11.1 Å². The molecule has 1 aliphatic rings. The van der Waals surface area contributed by atoms with Gasteiger partial charge in [-0.2, -0.15) is 0 Å². The number of pyridine rings is 2. The van der Waals surface area contributed by atoms with Gasteiger partial charge < -0.3 is 21.5 Å². The first-order valence-electron chi connectivity index (χ1n) is 9.62. The van der Waals surface area contributed by atoms with Crippen LogP contribution in [0, 0.1) is 11.3 Å². The Morgan fingerprint density at radius 1 is 1.00 bits per heavy atom. The van der Waals surface area contributed by atoms with Crippen LogP contribution in [0.15, 0.2) is 55.0 Å². The molecule has 3 aromatic rings. The first kappa shape index (κ1) is 20.0. The third-order valence-corrected chi connectivity index (χ3v) is 4.84. The van der Waals surface area contributed by atoms with E-state index in [1.54, 1.807) is 36.7 Å². The van der Waals surface area contributed by atoms with Gasteiger partial charge in [-0.05, 0) is 42.7 Å². The molecule has 9 heteroatoms. The number of carbonyl (C=O) groups excluding carboxylic acids is 2. The van der Waals surface area contributed by atoms with Crippen LogP contribution >= 0.6 is 0 Å². The second-order valence-corrected chi connectivity index (χ2v) is 7.26. The third-order valence-electron chi connectivity index (χ3n) is 4.84. The number of nitrogen functional groups attached to an aromatic ring is 1. The number of hydrogen-bond acceptors (Lipinski definition) is 7. The minimum atomic E-state index is -0.667. The highest BCUT2D eigenvalue weighted by atomic mass is 16.3. The quantitative estimate of drug-likeness (QED) is 0.307. The molecule has 6 N–H and O–H groups in total. The molecule has 31 heavy (non-hydrogen) atoms. The topological polar surface area (TPSA) is 154 Å². The van der Waals surface area contributed by atoms with E-state index in [1.807, 2.05) is 0 Å². The molecule has 0 saturated heterocycles. The highest BCUT2D eigenvalue weighted by Gasteiger charge is 2.29. The van der Waals surface area contributed by atoms with Crippen molar-refractivity contribution < 1.29 is 14.7 Å². The molecule has 9 nitrogen and oxygen atoms in total. The van der Waals surface area contributed by atoms with E-state index >= 15 is 0 Å². The van der Waals surface area contributed by atoms with Gasteiger partial charge in [0, 0.05) is 35.0 Å². The van der Waals surface area contributed by atoms with Crippen LogP contribution in [0.1, 0.15) is 18.4 Å². The van der Waals surface area contributed by atoms with Gasteiger partial charge in [-0.15, -0.1) is 0 Å². The number of rotatable bonds is 6. The van der Waals surface area contributed by atoms with Crippen molar-refractivity contribution in [1.82, 2.24) is 9.97 Å². The van der Waals surface area contributed by atoms with Crippen molar-refractivity contribution >= 4 is 34.6 Å². The van der Waals surface area contributed by atoms with E-state index in [0.717, 1.165) is 12.8 Å². The lowest BCUT2D eigenvalue weighted by Gasteiger charge is -2.12. The van der Waals surface area contributed by atoms with Crippen molar-refractivity contribution in [2.24, 2.45) is 5.92 Å². The summed E-state index contributed by atoms with van der Waals surface area (Å²) in [6.07, 6.45) is 6.31. The lowest BCUT2D eigenvalue weighted by molar-refractivity contribution is -0.117. The van der Waals surface area contributed by atoms with Crippen molar-refractivity contribution in [3.63, 3.8) is 0 Å². The molecule has 0 aliphatic heterocycles. The first-order chi connectivity index (χ1) is 14.9. The molecule has 0 spiro atoms. The number of amides is 2. The van der Waals surface area contributed by atoms with Crippen LogP contribution in [-0.2, 0) is 9.59 Å². The predicted molar refractivity (Wildman–Crippen MR) is 117 cm³/mol. The molecule has 0 atom stereocenters. The number of nitrogens with one attached hydrogen (secondary N) is 3. The standard InChI is InChI=1S/C22H20N6O3/c23-18-5-3-13(14-7-16(10-25-9-14)28-21(30)12-1-2-12)8-17(18)20(24)22(31)27-15-4-6-19(29)26-11-15/h3-12,24H,1-2,23H2,(H,26,29)(H,27,31)(H,28,30). The van der Waals surface area contributed by atoms with Gasteiger partial charge in [0.2, 0.25) is 11.8 Å². The van der Waals surface area contributed by atoms with Gasteiger partial charge >= 0.3 is 0 Å². The SMILES string of the molecule is N=C(C(=O)Nc1ccc(O)nc1)c1cc(-c2cncc(NC(=O)C3CC3)c2)ccc1N. The lowest BCUT2D eigenvalue weighted by Crippen LogP contribution is -2.24. The summed E-state index contributed by atoms with van der Waals surface area (Å²) in [5.74, 6) is -0.775. The normalized spacial score (nSPS) is 12.8. The smallest absolute Gasteiger partial charge is 0.274 e. The van der Waals surface area contributed by atoms with Crippen molar-refractivity contribution in [2.75, 3.05) is 16.4 Å². The Morgan fingerprint density at radius 2 is 1.81 bits per heavy atom. The van der Waals surface area contributed by atoms with Gasteiger partial charge in [-0.25, -0.2) is 4.98 Å². The van der Waals surface area contributed by atoms with E-state index in [-0.39, 0.29) is 34.7 Å². The predicted octanol–water partition coefficient (Wildman–Crippen LogP) is 2.79. The fourth-order valence-corrected chi connectivity index (χ4v) is 2.98. The number of hydrogen-bond donors (Lipinski definition) is 5. The van der Waals surface area contributed by atoms with Crippen molar-refractivity contribution in [2.45, 2.75) is 12.8 Å². The molecule has 156 valence electrons. The van der Waals surface area contributed by atoms with Gasteiger partial charge in [-0.1, -0.05) is 6.07 Å². The molecule has 2 heterocycles. The van der Waals surface area contributed by atoms with Crippen molar-refractivity contribution in [3.8, 4) is 17.0 Å². The zero-order chi connectivity index (χ0) is 22.0. The van der Waals surface area contributed by atoms with Crippen LogP contribution in [0.4, 0.5) is 17.1 Å². The molecule has 2 aromatic heterocycles. The van der Waals surface area contributed by atoms with Crippen LogP contribution in [0.3, 0.4) is 0 Å². The number of nitrogens with zero attached hydrogens (tertiary/aromatic N) is 2. The van der Waals surface area contributed by atoms with E-state index < -0.39 is 5.91 Å². The Kier molecular flexibility index (Phi) is 5.31. The first-order valence-corrected chi connectivity index (χ1v) is 9.62. The number of anilines is 3. The fourth-order valence-electron chi connectivity index (χ4n) is 2.98. The van der Waals surface area contributed by atoms with Crippen LogP contribution in [-0.4, -0.2) is 32.6 Å². The minimum absolute atomic E-state index is 0.0147. The fraction of sp³-hybridized carbons (Fsp3) is 0.136. The van der Waals surface area contributed by atoms with Gasteiger partial charge in [0.15, 0.2) is 0 Å². The van der Waals surface area contributed by atoms with Crippen molar-refractivity contribution in [3.05, 3.63) is 60.6 Å². The monoisotopic (exact) mass is 416 g/mol. The maximum atomic E-state index is 12.5. The molecule has 2 amide bonds. The highest BCUT2D eigenvalue weighted by Crippen LogP contribution is 2.31. The van der Waals surface area contributed by atoms with Gasteiger partial charge in [0.05, 0.1) is 23.8 Å². The van der Waals surface area contributed by atoms with Crippen LogP contribution in [0.25, 0.3) is 11.1 Å². The number of aromatic hydroxyl groups is 1. The second-order valence-electron chi connectivity index (χ2n) is 7.26. The van der Waals surface area contributed by atoms with E-state index in [9.17, 15) is 14.7 Å². The Labute approximate surface area is 177 Å². The third kappa shape index (κ3) is 4.67. The van der Waals surface area contributed by atoms with E-state index in [0.29, 0.717) is 22.5 Å². The summed E-state index contributed by atoms with van der Waals surface area (Å²) in [6, 6.07) is 9.60. The second kappa shape index (κ2) is 8.23. The zero-order valence-electron chi connectivity index (χ0n) is 16.4. The van der Waals surface area contributed by atoms with Crippen LogP contribution < -0.4 is 16.4 Å². The molecule has 4 rings (SSSR count). The molecule has 1 aliphatic carbocycles. The Bertz CT molecular complexity index is 1170. The summed E-state index contributed by atoms with van der Waals surface area (Å²) < 4.78 is 0. The largest absolute Gasteiger partial charge is 0.493 e. The minimum Gasteiger partial charge on any atom is -0.493 e. The van der Waals surface area contributed by atoms with Gasteiger partial charge in [0.25, 0.3) is 5.91 Å². The summed E-state index contributed by atoms with van der Waals surface area (Å²) >= 11 is 0. The highest BCUT2D eigenvalue weighted by molar-refractivity contribution is 6.48. The molecule has 1 saturated carbocycles. The van der Waals surface area contributed by atoms with Gasteiger partial charge in [-0.3, -0.25) is 20.0 Å². The maximum absolute atomic E-state index is 12.5. The van der Waals surface area contributed by atoms with Crippen LogP contribution in [0.2, 0.25) is 0 Å². The number of aromatic nitrogens is 2. The lowest BCUT2D eigenvalue weighted by atomic mass is 10.00. The Hall–Kier alpha value is -4.27. The zero-order valence-corrected chi connectivity index (χ0v) is 16.4. The summed E-state index contributed by atoms with van der Waals surface area (Å²) in [7, 11) is 0.